The number of nitrogens with one attached hydrogen (secondary N) is 4. The van der Waals surface area contributed by atoms with Crippen LogP contribution in [0.4, 0.5) is 0 Å². The summed E-state index contributed by atoms with van der Waals surface area (Å²) in [7, 11) is -3.87. The number of benzene rings is 1. The van der Waals surface area contributed by atoms with Gasteiger partial charge in [0, 0.05) is 25.3 Å². The predicted octanol–water partition coefficient (Wildman–Crippen LogP) is 3.73. The zero-order chi connectivity index (χ0) is 31.3. The maximum absolute atomic E-state index is 13.6. The van der Waals surface area contributed by atoms with E-state index in [1.807, 2.05) is 0 Å². The average molecular weight is 631 g/mol. The number of aryl methyl sites for hydroxylation is 1. The third-order valence-electron chi connectivity index (χ3n) is 9.86. The van der Waals surface area contributed by atoms with Crippen molar-refractivity contribution in [3.8, 4) is 5.75 Å². The largest absolute Gasteiger partial charge is 0.482 e. The number of carboxylic acid groups (broad SMARTS) is 1. The van der Waals surface area contributed by atoms with Gasteiger partial charge < -0.3 is 30.6 Å². The monoisotopic (exact) mass is 630 g/mol. The molecule has 0 aromatic heterocycles. The minimum atomic E-state index is -3.87. The predicted molar refractivity (Wildman–Crippen MR) is 165 cm³/mol. The van der Waals surface area contributed by atoms with Crippen molar-refractivity contribution in [2.24, 2.45) is 29.6 Å². The van der Waals surface area contributed by atoms with Crippen molar-refractivity contribution in [1.29, 1.82) is 5.41 Å². The quantitative estimate of drug-likeness (QED) is 0.0846. The van der Waals surface area contributed by atoms with Crippen LogP contribution >= 0.6 is 0 Å². The Kier molecular flexibility index (Phi) is 10.5. The molecule has 5 N–H and O–H groups in total. The standard InChI is InChI=1S/C32H46N4O7S/c1-20-11-26(7-8-28(20)42-19-29(37)38)44(40,41)35-10-9-34-32(43-18-21-5-3-2-4-6-21)27(17-33)31(39)36-30-24-13-22-12-23(15-24)16-25(30)14-22/h7-8,11,17,21-25,30,33-35H,2-6,9-10,12-16,18-19H2,1H3,(H,36,39)(H,37,38)/b32-27-,33-17?. The van der Waals surface area contributed by atoms with E-state index < -0.39 is 22.6 Å². The lowest BCUT2D eigenvalue weighted by Gasteiger charge is -2.54. The maximum atomic E-state index is 13.6. The molecule has 0 aliphatic heterocycles. The normalized spacial score (nSPS) is 26.9. The first-order chi connectivity index (χ1) is 21.1. The minimum Gasteiger partial charge on any atom is -0.482 e. The zero-order valence-electron chi connectivity index (χ0n) is 25.5. The Labute approximate surface area is 260 Å². The van der Waals surface area contributed by atoms with Gasteiger partial charge in [0.1, 0.15) is 11.3 Å². The van der Waals surface area contributed by atoms with Crippen molar-refractivity contribution in [2.45, 2.75) is 82.1 Å². The Morgan fingerprint density at radius 1 is 1.02 bits per heavy atom. The summed E-state index contributed by atoms with van der Waals surface area (Å²) < 4.78 is 39.8. The molecule has 5 fully saturated rings. The van der Waals surface area contributed by atoms with Crippen LogP contribution in [0.5, 0.6) is 5.75 Å². The first-order valence-electron chi connectivity index (χ1n) is 16.0. The number of rotatable bonds is 15. The molecule has 11 nitrogen and oxygen atoms in total. The number of aliphatic carboxylic acids is 1. The molecule has 0 spiro atoms. The number of amides is 1. The van der Waals surface area contributed by atoms with E-state index in [1.54, 1.807) is 6.92 Å². The topological polar surface area (TPSA) is 167 Å². The van der Waals surface area contributed by atoms with Gasteiger partial charge in [-0.2, -0.15) is 0 Å². The lowest BCUT2D eigenvalue weighted by Crippen LogP contribution is -2.56. The molecular weight excluding hydrogens is 584 g/mol. The summed E-state index contributed by atoms with van der Waals surface area (Å²) in [5.41, 5.74) is 0.624. The Balaban J connectivity index is 1.22. The van der Waals surface area contributed by atoms with Gasteiger partial charge in [-0.1, -0.05) is 19.3 Å². The van der Waals surface area contributed by atoms with E-state index in [9.17, 15) is 18.0 Å². The fourth-order valence-corrected chi connectivity index (χ4v) is 9.06. The zero-order valence-corrected chi connectivity index (χ0v) is 26.3. The number of carboxylic acids is 1. The fourth-order valence-electron chi connectivity index (χ4n) is 7.94. The van der Waals surface area contributed by atoms with E-state index in [0.717, 1.165) is 43.7 Å². The molecule has 0 heterocycles. The second-order valence-corrected chi connectivity index (χ2v) is 14.8. The van der Waals surface area contributed by atoms with Gasteiger partial charge >= 0.3 is 5.97 Å². The molecule has 0 radical (unpaired) electrons. The van der Waals surface area contributed by atoms with Gasteiger partial charge in [-0.05, 0) is 105 Å². The van der Waals surface area contributed by atoms with Gasteiger partial charge in [-0.3, -0.25) is 4.79 Å². The summed E-state index contributed by atoms with van der Waals surface area (Å²) in [6, 6.07) is 4.35. The molecule has 1 aromatic rings. The molecule has 5 aliphatic rings. The van der Waals surface area contributed by atoms with Crippen LogP contribution < -0.4 is 20.1 Å². The molecule has 0 unspecified atom stereocenters. The number of carbonyl (C=O) groups is 2. The van der Waals surface area contributed by atoms with Gasteiger partial charge in [-0.25, -0.2) is 17.9 Å². The van der Waals surface area contributed by atoms with Crippen LogP contribution in [0, 0.1) is 41.9 Å². The van der Waals surface area contributed by atoms with Gasteiger partial charge in [0.05, 0.1) is 11.5 Å². The van der Waals surface area contributed by atoms with Crippen LogP contribution in [-0.2, 0) is 24.3 Å². The summed E-state index contributed by atoms with van der Waals surface area (Å²) in [6.45, 7) is 1.71. The van der Waals surface area contributed by atoms with Crippen molar-refractivity contribution in [1.82, 2.24) is 15.4 Å². The van der Waals surface area contributed by atoms with Crippen LogP contribution in [-0.4, -0.2) is 64.0 Å². The van der Waals surface area contributed by atoms with Crippen molar-refractivity contribution in [3.63, 3.8) is 0 Å². The van der Waals surface area contributed by atoms with Gasteiger partial charge in [0.2, 0.25) is 15.9 Å². The lowest BCUT2D eigenvalue weighted by molar-refractivity contribution is -0.139. The maximum Gasteiger partial charge on any atom is 0.341 e. The second-order valence-electron chi connectivity index (χ2n) is 13.1. The Morgan fingerprint density at radius 2 is 1.70 bits per heavy atom. The first-order valence-corrected chi connectivity index (χ1v) is 17.5. The molecule has 1 aromatic carbocycles. The minimum absolute atomic E-state index is 0.0113. The van der Waals surface area contributed by atoms with E-state index in [0.29, 0.717) is 35.7 Å². The summed E-state index contributed by atoms with van der Waals surface area (Å²) in [5, 5.41) is 23.3. The second kappa shape index (κ2) is 14.3. The Morgan fingerprint density at radius 3 is 2.32 bits per heavy atom. The highest BCUT2D eigenvalue weighted by Gasteiger charge is 2.48. The molecule has 0 saturated heterocycles. The Hall–Kier alpha value is -3.12. The van der Waals surface area contributed by atoms with E-state index in [2.05, 4.69) is 15.4 Å². The van der Waals surface area contributed by atoms with Gasteiger partial charge in [0.15, 0.2) is 6.61 Å². The van der Waals surface area contributed by atoms with Gasteiger partial charge in [0.25, 0.3) is 5.91 Å². The number of hydrogen-bond acceptors (Lipinski definition) is 8. The molecule has 242 valence electrons. The number of hydrogen-bond donors (Lipinski definition) is 5. The smallest absolute Gasteiger partial charge is 0.341 e. The van der Waals surface area contributed by atoms with E-state index in [4.69, 9.17) is 20.0 Å². The summed E-state index contributed by atoms with van der Waals surface area (Å²) in [5.74, 6) is 2.02. The molecule has 5 aliphatic carbocycles. The molecule has 1 amide bonds. The molecule has 5 saturated carbocycles. The molecule has 44 heavy (non-hydrogen) atoms. The lowest BCUT2D eigenvalue weighted by atomic mass is 9.54. The van der Waals surface area contributed by atoms with Gasteiger partial charge in [-0.15, -0.1) is 0 Å². The third-order valence-corrected chi connectivity index (χ3v) is 11.3. The SMILES string of the molecule is Cc1cc(S(=O)(=O)NCCN/C(OCC2CCCCC2)=C(\C=N)C(=O)NC2C3CC4CC(C3)CC2C4)ccc1OCC(=O)O. The highest BCUT2D eigenvalue weighted by Crippen LogP contribution is 2.53. The highest BCUT2D eigenvalue weighted by molar-refractivity contribution is 7.89. The van der Waals surface area contributed by atoms with Crippen LogP contribution in [0.3, 0.4) is 0 Å². The van der Waals surface area contributed by atoms with Crippen LogP contribution in [0.25, 0.3) is 0 Å². The third kappa shape index (κ3) is 7.93. The van der Waals surface area contributed by atoms with Crippen molar-refractivity contribution in [3.05, 3.63) is 35.2 Å². The van der Waals surface area contributed by atoms with Crippen LogP contribution in [0.2, 0.25) is 0 Å². The van der Waals surface area contributed by atoms with Crippen molar-refractivity contribution < 1.29 is 32.6 Å². The Bertz CT molecular complexity index is 1330. The average Bonchev–Trinajstić information content (AvgIpc) is 2.99. The molecule has 0 atom stereocenters. The molecule has 6 rings (SSSR count). The van der Waals surface area contributed by atoms with E-state index in [1.165, 1.54) is 56.7 Å². The highest BCUT2D eigenvalue weighted by atomic mass is 32.2. The fraction of sp³-hybridized carbons (Fsp3) is 0.656. The number of carbonyl (C=O) groups excluding carboxylic acids is 1. The molecule has 4 bridgehead atoms. The molecular formula is C32H46N4O7S. The van der Waals surface area contributed by atoms with E-state index >= 15 is 0 Å². The number of sulfonamides is 1. The van der Waals surface area contributed by atoms with Crippen molar-refractivity contribution in [2.75, 3.05) is 26.3 Å². The number of ether oxygens (including phenoxy) is 2. The summed E-state index contributed by atoms with van der Waals surface area (Å²) in [6.07, 6.45) is 12.7. The van der Waals surface area contributed by atoms with Crippen LogP contribution in [0.1, 0.15) is 69.8 Å². The molecule has 12 heteroatoms. The summed E-state index contributed by atoms with van der Waals surface area (Å²) >= 11 is 0. The summed E-state index contributed by atoms with van der Waals surface area (Å²) in [4.78, 5) is 24.4. The van der Waals surface area contributed by atoms with Crippen molar-refractivity contribution >= 4 is 28.1 Å². The van der Waals surface area contributed by atoms with E-state index in [-0.39, 0.29) is 41.4 Å². The first kappa shape index (κ1) is 32.3. The van der Waals surface area contributed by atoms with Crippen LogP contribution in [0.15, 0.2) is 34.6 Å².